The van der Waals surface area contributed by atoms with Crippen molar-refractivity contribution in [3.8, 4) is 0 Å². The summed E-state index contributed by atoms with van der Waals surface area (Å²) < 4.78 is 0.853. The molecule has 0 spiro atoms. The zero-order chi connectivity index (χ0) is 22.8. The predicted octanol–water partition coefficient (Wildman–Crippen LogP) is 5.29. The van der Waals surface area contributed by atoms with Gasteiger partial charge in [0.1, 0.15) is 6.04 Å². The predicted molar refractivity (Wildman–Crippen MR) is 127 cm³/mol. The minimum atomic E-state index is -0.879. The van der Waals surface area contributed by atoms with Crippen LogP contribution in [0.1, 0.15) is 40.9 Å². The summed E-state index contributed by atoms with van der Waals surface area (Å²) in [6.45, 7) is 3.84. The van der Waals surface area contributed by atoms with Gasteiger partial charge in [-0.15, -0.1) is 0 Å². The fraction of sp³-hybridized carbons (Fsp3) is 0.192. The number of amides is 3. The van der Waals surface area contributed by atoms with E-state index < -0.39 is 12.1 Å². The first-order valence-electron chi connectivity index (χ1n) is 10.4. The Morgan fingerprint density at radius 3 is 2.22 bits per heavy atom. The number of hydrogen-bond acceptors (Lipinski definition) is 3. The molecule has 1 saturated heterocycles. The highest BCUT2D eigenvalue weighted by Crippen LogP contribution is 2.33. The number of halogens is 1. The van der Waals surface area contributed by atoms with Crippen molar-refractivity contribution in [3.05, 3.63) is 100 Å². The highest BCUT2D eigenvalue weighted by molar-refractivity contribution is 9.10. The maximum atomic E-state index is 13.6. The average Bonchev–Trinajstić information content (AvgIpc) is 3.09. The van der Waals surface area contributed by atoms with Gasteiger partial charge in [-0.05, 0) is 55.8 Å². The van der Waals surface area contributed by atoms with E-state index in [0.717, 1.165) is 15.6 Å². The zero-order valence-corrected chi connectivity index (χ0v) is 19.5. The van der Waals surface area contributed by atoms with E-state index in [2.05, 4.69) is 15.9 Å². The molecule has 3 aromatic rings. The maximum absolute atomic E-state index is 13.6. The number of anilines is 1. The maximum Gasteiger partial charge on any atom is 0.257 e. The highest BCUT2D eigenvalue weighted by atomic mass is 79.9. The van der Waals surface area contributed by atoms with E-state index in [4.69, 9.17) is 0 Å². The second kappa shape index (κ2) is 9.09. The molecule has 0 N–H and O–H groups in total. The monoisotopic (exact) mass is 490 g/mol. The Morgan fingerprint density at radius 2 is 1.59 bits per heavy atom. The van der Waals surface area contributed by atoms with Gasteiger partial charge in [0.05, 0.1) is 18.2 Å². The summed E-state index contributed by atoms with van der Waals surface area (Å²) in [6.07, 6.45) is -0.0519. The van der Waals surface area contributed by atoms with Crippen molar-refractivity contribution in [1.82, 2.24) is 4.90 Å². The van der Waals surface area contributed by atoms with Crippen molar-refractivity contribution in [2.45, 2.75) is 32.4 Å². The lowest BCUT2D eigenvalue weighted by molar-refractivity contribution is -0.122. The Balaban J connectivity index is 1.73. The van der Waals surface area contributed by atoms with Crippen LogP contribution in [0.15, 0.2) is 83.3 Å². The lowest BCUT2D eigenvalue weighted by Gasteiger charge is -2.33. The first-order valence-corrected chi connectivity index (χ1v) is 11.2. The third-order valence-electron chi connectivity index (χ3n) is 5.78. The number of aryl methyl sites for hydroxylation is 1. The van der Waals surface area contributed by atoms with Gasteiger partial charge in [0.2, 0.25) is 5.91 Å². The summed E-state index contributed by atoms with van der Waals surface area (Å²) in [5, 5.41) is 0. The average molecular weight is 491 g/mol. The SMILES string of the molecule is Cc1ccc(C(=O)N(C2CC(=O)N(c3ccc(Br)cc3)C2=O)C(C)c2ccccc2)cc1. The summed E-state index contributed by atoms with van der Waals surface area (Å²) in [5.41, 5.74) is 2.93. The van der Waals surface area contributed by atoms with Gasteiger partial charge < -0.3 is 4.90 Å². The van der Waals surface area contributed by atoms with Gasteiger partial charge in [-0.3, -0.25) is 14.4 Å². The van der Waals surface area contributed by atoms with Crippen LogP contribution >= 0.6 is 15.9 Å². The Kier molecular flexibility index (Phi) is 6.24. The number of hydrogen-bond donors (Lipinski definition) is 0. The summed E-state index contributed by atoms with van der Waals surface area (Å²) in [4.78, 5) is 42.7. The standard InChI is InChI=1S/C26H23BrN2O3/c1-17-8-10-20(11-9-17)25(31)28(18(2)19-6-4-3-5-7-19)23-16-24(30)29(26(23)32)22-14-12-21(27)13-15-22/h3-15,18,23H,16H2,1-2H3. The van der Waals surface area contributed by atoms with Crippen molar-refractivity contribution in [3.63, 3.8) is 0 Å². The van der Waals surface area contributed by atoms with Gasteiger partial charge >= 0.3 is 0 Å². The molecular weight excluding hydrogens is 468 g/mol. The van der Waals surface area contributed by atoms with Crippen molar-refractivity contribution in [2.75, 3.05) is 4.90 Å². The van der Waals surface area contributed by atoms with Crippen molar-refractivity contribution >= 4 is 39.3 Å². The molecule has 1 aliphatic rings. The lowest BCUT2D eigenvalue weighted by atomic mass is 10.0. The third kappa shape index (κ3) is 4.23. The Labute approximate surface area is 195 Å². The normalized spacial score (nSPS) is 16.8. The van der Waals surface area contributed by atoms with Crippen LogP contribution < -0.4 is 4.90 Å². The molecule has 3 amide bonds. The molecule has 1 aliphatic heterocycles. The molecule has 0 saturated carbocycles. The van der Waals surface area contributed by atoms with Crippen LogP contribution in [-0.4, -0.2) is 28.7 Å². The van der Waals surface area contributed by atoms with Crippen LogP contribution in [0.5, 0.6) is 0 Å². The van der Waals surface area contributed by atoms with Gasteiger partial charge in [-0.2, -0.15) is 0 Å². The number of benzene rings is 3. The van der Waals surface area contributed by atoms with E-state index in [1.807, 2.05) is 56.3 Å². The molecule has 32 heavy (non-hydrogen) atoms. The van der Waals surface area contributed by atoms with Crippen LogP contribution in [0.2, 0.25) is 0 Å². The fourth-order valence-electron chi connectivity index (χ4n) is 4.02. The molecule has 1 heterocycles. The molecule has 2 atom stereocenters. The summed E-state index contributed by atoms with van der Waals surface area (Å²) in [6, 6.07) is 22.5. The largest absolute Gasteiger partial charge is 0.319 e. The second-order valence-electron chi connectivity index (χ2n) is 7.93. The fourth-order valence-corrected chi connectivity index (χ4v) is 4.28. The minimum Gasteiger partial charge on any atom is -0.319 e. The quantitative estimate of drug-likeness (QED) is 0.456. The first-order chi connectivity index (χ1) is 15.4. The van der Waals surface area contributed by atoms with Crippen molar-refractivity contribution in [2.24, 2.45) is 0 Å². The number of imide groups is 1. The van der Waals surface area contributed by atoms with Crippen LogP contribution in [0.4, 0.5) is 5.69 Å². The van der Waals surface area contributed by atoms with Crippen LogP contribution in [0, 0.1) is 6.92 Å². The Morgan fingerprint density at radius 1 is 0.969 bits per heavy atom. The summed E-state index contributed by atoms with van der Waals surface area (Å²) in [7, 11) is 0. The van der Waals surface area contributed by atoms with E-state index in [1.54, 1.807) is 41.3 Å². The molecular formula is C26H23BrN2O3. The van der Waals surface area contributed by atoms with Gasteiger partial charge in [-0.25, -0.2) is 4.90 Å². The second-order valence-corrected chi connectivity index (χ2v) is 8.84. The van der Waals surface area contributed by atoms with Gasteiger partial charge in [0.15, 0.2) is 0 Å². The van der Waals surface area contributed by atoms with Gasteiger partial charge in [0.25, 0.3) is 11.8 Å². The molecule has 0 aliphatic carbocycles. The van der Waals surface area contributed by atoms with Crippen LogP contribution in [0.3, 0.4) is 0 Å². The molecule has 162 valence electrons. The molecule has 0 bridgehead atoms. The van der Waals surface area contributed by atoms with Crippen LogP contribution in [-0.2, 0) is 9.59 Å². The van der Waals surface area contributed by atoms with Gasteiger partial charge in [0, 0.05) is 10.0 Å². The van der Waals surface area contributed by atoms with Crippen LogP contribution in [0.25, 0.3) is 0 Å². The molecule has 2 unspecified atom stereocenters. The van der Waals surface area contributed by atoms with E-state index in [-0.39, 0.29) is 24.1 Å². The number of nitrogens with zero attached hydrogens (tertiary/aromatic N) is 2. The Bertz CT molecular complexity index is 1140. The first kappa shape index (κ1) is 22.0. The van der Waals surface area contributed by atoms with Gasteiger partial charge in [-0.1, -0.05) is 64.0 Å². The Hall–Kier alpha value is -3.25. The van der Waals surface area contributed by atoms with E-state index >= 15 is 0 Å². The van der Waals surface area contributed by atoms with Crippen molar-refractivity contribution in [1.29, 1.82) is 0 Å². The zero-order valence-electron chi connectivity index (χ0n) is 17.9. The minimum absolute atomic E-state index is 0.0519. The topological polar surface area (TPSA) is 57.7 Å². The summed E-state index contributed by atoms with van der Waals surface area (Å²) in [5.74, 6) is -0.977. The smallest absolute Gasteiger partial charge is 0.257 e. The number of carbonyl (C=O) groups excluding carboxylic acids is 3. The molecule has 0 aromatic heterocycles. The molecule has 4 rings (SSSR count). The number of carbonyl (C=O) groups is 3. The number of rotatable bonds is 5. The molecule has 3 aromatic carbocycles. The van der Waals surface area contributed by atoms with E-state index in [0.29, 0.717) is 11.3 Å². The van der Waals surface area contributed by atoms with E-state index in [9.17, 15) is 14.4 Å². The molecule has 0 radical (unpaired) electrons. The third-order valence-corrected chi connectivity index (χ3v) is 6.30. The highest BCUT2D eigenvalue weighted by Gasteiger charge is 2.46. The van der Waals surface area contributed by atoms with Crippen molar-refractivity contribution < 1.29 is 14.4 Å². The lowest BCUT2D eigenvalue weighted by Crippen LogP contribution is -2.46. The molecule has 5 nitrogen and oxygen atoms in total. The molecule has 1 fully saturated rings. The van der Waals surface area contributed by atoms with E-state index in [1.165, 1.54) is 4.90 Å². The molecule has 6 heteroatoms. The summed E-state index contributed by atoms with van der Waals surface area (Å²) >= 11 is 3.37.